The lowest BCUT2D eigenvalue weighted by Gasteiger charge is -2.52. The summed E-state index contributed by atoms with van der Waals surface area (Å²) in [5.74, 6) is 3.42. The van der Waals surface area contributed by atoms with Gasteiger partial charge in [0.1, 0.15) is 0 Å². The van der Waals surface area contributed by atoms with Crippen molar-refractivity contribution in [1.82, 2.24) is 0 Å². The molecule has 148 valence electrons. The summed E-state index contributed by atoms with van der Waals surface area (Å²) in [6, 6.07) is 7.81. The zero-order valence-electron chi connectivity index (χ0n) is 16.9. The zero-order chi connectivity index (χ0) is 19.4. The highest BCUT2D eigenvalue weighted by Crippen LogP contribution is 2.63. The first kappa shape index (κ1) is 16.6. The van der Waals surface area contributed by atoms with E-state index in [0.717, 1.165) is 34.9 Å². The van der Waals surface area contributed by atoms with Crippen LogP contribution in [-0.2, 0) is 9.59 Å². The van der Waals surface area contributed by atoms with Crippen LogP contribution in [0.1, 0.15) is 37.7 Å². The van der Waals surface area contributed by atoms with Gasteiger partial charge in [0.15, 0.2) is 0 Å². The minimum atomic E-state index is -0.169. The van der Waals surface area contributed by atoms with Gasteiger partial charge in [0.05, 0.1) is 17.5 Å². The number of carbonyl (C=O) groups is 2. The van der Waals surface area contributed by atoms with Crippen LogP contribution in [-0.4, -0.2) is 11.8 Å². The first-order valence-electron chi connectivity index (χ1n) is 11.5. The predicted octanol–water partition coefficient (Wildman–Crippen LogP) is 4.67. The number of hydrogen-bond acceptors (Lipinski definition) is 2. The van der Waals surface area contributed by atoms with Gasteiger partial charge in [-0.05, 0) is 80.4 Å². The van der Waals surface area contributed by atoms with Crippen molar-refractivity contribution in [2.45, 2.75) is 39.0 Å². The van der Waals surface area contributed by atoms with E-state index in [0.29, 0.717) is 0 Å². The van der Waals surface area contributed by atoms with Crippen LogP contribution in [0.3, 0.4) is 0 Å². The monoisotopic (exact) mass is 385 g/mol. The number of anilines is 1. The molecule has 1 aromatic rings. The summed E-state index contributed by atoms with van der Waals surface area (Å²) in [6.07, 6.45) is 11.4. The number of hydrogen-bond donors (Lipinski definition) is 0. The van der Waals surface area contributed by atoms with Crippen molar-refractivity contribution < 1.29 is 9.59 Å². The number of nitrogens with zero attached hydrogens (tertiary/aromatic N) is 1. The second-order valence-corrected chi connectivity index (χ2v) is 10.6. The normalized spacial score (nSPS) is 43.8. The van der Waals surface area contributed by atoms with Crippen LogP contribution in [0.15, 0.2) is 47.6 Å². The van der Waals surface area contributed by atoms with Crippen molar-refractivity contribution in [2.75, 3.05) is 4.90 Å². The highest BCUT2D eigenvalue weighted by molar-refractivity contribution is 6.23. The van der Waals surface area contributed by atoms with E-state index in [1.165, 1.54) is 42.6 Å². The largest absolute Gasteiger partial charge is 0.274 e. The summed E-state index contributed by atoms with van der Waals surface area (Å²) in [5, 5.41) is 0. The molecule has 1 aliphatic heterocycles. The summed E-state index contributed by atoms with van der Waals surface area (Å²) in [5.41, 5.74) is 5.05. The van der Waals surface area contributed by atoms with Crippen LogP contribution in [0.5, 0.6) is 0 Å². The highest BCUT2D eigenvalue weighted by atomic mass is 16.2. The van der Waals surface area contributed by atoms with Crippen molar-refractivity contribution in [3.63, 3.8) is 0 Å². The molecule has 0 spiro atoms. The molecule has 0 unspecified atom stereocenters. The molecule has 5 saturated carbocycles. The standard InChI is InChI=1S/C26H27NO2/c1-13-3-2-4-18(7-13)27-25(28)23-19-5-6-20(24(23)26(27)29)22(19)21-16-9-14-8-15(11-16)12-17(21)10-14/h2-7,14-17,19-20,23-24H,8-12H2,1H3/t14?,15?,16?,17?,19-,20-,23-,24+/m0/s1. The van der Waals surface area contributed by atoms with Gasteiger partial charge in [0, 0.05) is 11.8 Å². The second kappa shape index (κ2) is 5.50. The number of benzene rings is 1. The Labute approximate surface area is 171 Å². The second-order valence-electron chi connectivity index (χ2n) is 10.6. The summed E-state index contributed by atoms with van der Waals surface area (Å²) in [7, 11) is 0. The maximum Gasteiger partial charge on any atom is 0.238 e. The van der Waals surface area contributed by atoms with Crippen LogP contribution in [0.25, 0.3) is 0 Å². The highest BCUT2D eigenvalue weighted by Gasteiger charge is 2.63. The Hall–Kier alpha value is -2.16. The van der Waals surface area contributed by atoms with Gasteiger partial charge in [-0.1, -0.05) is 35.4 Å². The summed E-state index contributed by atoms with van der Waals surface area (Å²) in [4.78, 5) is 28.5. The minimum absolute atomic E-state index is 0.0318. The molecule has 29 heavy (non-hydrogen) atoms. The topological polar surface area (TPSA) is 37.4 Å². The Kier molecular flexibility index (Phi) is 3.15. The summed E-state index contributed by atoms with van der Waals surface area (Å²) in [6.45, 7) is 2.01. The van der Waals surface area contributed by atoms with Gasteiger partial charge < -0.3 is 0 Å². The zero-order valence-corrected chi connectivity index (χ0v) is 16.9. The lowest BCUT2D eigenvalue weighted by Crippen LogP contribution is -2.41. The Morgan fingerprint density at radius 1 is 0.793 bits per heavy atom. The van der Waals surface area contributed by atoms with E-state index >= 15 is 0 Å². The van der Waals surface area contributed by atoms with E-state index in [-0.39, 0.29) is 35.5 Å². The van der Waals surface area contributed by atoms with Crippen LogP contribution < -0.4 is 4.90 Å². The van der Waals surface area contributed by atoms with Crippen LogP contribution in [0.4, 0.5) is 5.69 Å². The number of allylic oxidation sites excluding steroid dienone is 4. The van der Waals surface area contributed by atoms with Gasteiger partial charge in [0.25, 0.3) is 0 Å². The Bertz CT molecular complexity index is 953. The van der Waals surface area contributed by atoms with Gasteiger partial charge in [-0.25, -0.2) is 4.90 Å². The van der Waals surface area contributed by atoms with Crippen molar-refractivity contribution in [3.05, 3.63) is 53.1 Å². The van der Waals surface area contributed by atoms with Crippen LogP contribution in [0.2, 0.25) is 0 Å². The smallest absolute Gasteiger partial charge is 0.238 e. The molecule has 3 nitrogen and oxygen atoms in total. The first-order valence-corrected chi connectivity index (χ1v) is 11.5. The third-order valence-electron chi connectivity index (χ3n) is 9.03. The molecule has 2 amide bonds. The third-order valence-corrected chi connectivity index (χ3v) is 9.03. The number of fused-ring (bicyclic) bond motifs is 5. The fraction of sp³-hybridized carbons (Fsp3) is 0.538. The molecule has 4 atom stereocenters. The van der Waals surface area contributed by atoms with Gasteiger partial charge in [-0.15, -0.1) is 0 Å². The van der Waals surface area contributed by atoms with Crippen LogP contribution >= 0.6 is 0 Å². The maximum absolute atomic E-state index is 13.5. The lowest BCUT2D eigenvalue weighted by atomic mass is 9.53. The van der Waals surface area contributed by atoms with E-state index in [9.17, 15) is 9.59 Å². The van der Waals surface area contributed by atoms with Gasteiger partial charge in [-0.2, -0.15) is 0 Å². The van der Waals surface area contributed by atoms with Crippen molar-refractivity contribution in [2.24, 2.45) is 47.3 Å². The van der Waals surface area contributed by atoms with Gasteiger partial charge in [-0.3, -0.25) is 9.59 Å². The fourth-order valence-corrected chi connectivity index (χ4v) is 8.33. The molecule has 0 aromatic heterocycles. The average Bonchev–Trinajstić information content (AvgIpc) is 3.31. The van der Waals surface area contributed by atoms with E-state index < -0.39 is 0 Å². The van der Waals surface area contributed by atoms with Crippen molar-refractivity contribution in [1.29, 1.82) is 0 Å². The number of rotatable bonds is 1. The number of carbonyl (C=O) groups excluding carboxylic acids is 2. The van der Waals surface area contributed by atoms with Crippen molar-refractivity contribution >= 4 is 17.5 Å². The minimum Gasteiger partial charge on any atom is -0.274 e. The number of imide groups is 1. The SMILES string of the molecule is Cc1cccc(N2C(=O)[C@@H]3[C@H](C2=O)[C@H]2C=C[C@H]3C2=C2C3CC4CC(C3)CC2C4)c1. The summed E-state index contributed by atoms with van der Waals surface area (Å²) < 4.78 is 0. The quantitative estimate of drug-likeness (QED) is 0.520. The molecule has 8 rings (SSSR count). The predicted molar refractivity (Wildman–Crippen MR) is 111 cm³/mol. The lowest BCUT2D eigenvalue weighted by molar-refractivity contribution is -0.122. The number of aryl methyl sites for hydroxylation is 1. The number of amides is 2. The van der Waals surface area contributed by atoms with Crippen molar-refractivity contribution in [3.8, 4) is 0 Å². The van der Waals surface area contributed by atoms with E-state index in [4.69, 9.17) is 0 Å². The molecule has 7 aliphatic rings. The van der Waals surface area contributed by atoms with E-state index in [1.54, 1.807) is 5.57 Å². The van der Waals surface area contributed by atoms with Gasteiger partial charge in [0.2, 0.25) is 11.8 Å². The summed E-state index contributed by atoms with van der Waals surface area (Å²) >= 11 is 0. The Balaban J connectivity index is 1.29. The molecular weight excluding hydrogens is 358 g/mol. The molecule has 6 bridgehead atoms. The Morgan fingerprint density at radius 3 is 1.93 bits per heavy atom. The maximum atomic E-state index is 13.5. The molecule has 1 heterocycles. The molecular formula is C26H27NO2. The molecule has 6 fully saturated rings. The van der Waals surface area contributed by atoms with E-state index in [1.807, 2.05) is 31.2 Å². The third kappa shape index (κ3) is 2.04. The molecule has 1 saturated heterocycles. The average molecular weight is 386 g/mol. The molecule has 0 N–H and O–H groups in total. The Morgan fingerprint density at radius 2 is 1.38 bits per heavy atom. The van der Waals surface area contributed by atoms with Gasteiger partial charge >= 0.3 is 0 Å². The first-order chi connectivity index (χ1) is 14.1. The van der Waals surface area contributed by atoms with E-state index in [2.05, 4.69) is 12.2 Å². The molecule has 6 aliphatic carbocycles. The molecule has 3 heteroatoms. The fourth-order valence-electron chi connectivity index (χ4n) is 8.33. The molecule has 0 radical (unpaired) electrons. The van der Waals surface area contributed by atoms with Crippen LogP contribution in [0, 0.1) is 54.3 Å². The molecule has 1 aromatic carbocycles.